The molecule has 1 amide bonds. The van der Waals surface area contributed by atoms with Gasteiger partial charge in [0.1, 0.15) is 6.54 Å². The van der Waals surface area contributed by atoms with Crippen LogP contribution >= 0.6 is 0 Å². The van der Waals surface area contributed by atoms with E-state index < -0.39 is 0 Å². The number of hydrogen-bond acceptors (Lipinski definition) is 3. The topological polar surface area (TPSA) is 59.0 Å². The van der Waals surface area contributed by atoms with E-state index in [4.69, 9.17) is 0 Å². The minimum Gasteiger partial charge on any atom is -0.354 e. The van der Waals surface area contributed by atoms with Gasteiger partial charge in [-0.1, -0.05) is 13.8 Å². The van der Waals surface area contributed by atoms with E-state index in [1.165, 1.54) is 0 Å². The number of aromatic nitrogens is 2. The van der Waals surface area contributed by atoms with Gasteiger partial charge in [0.25, 0.3) is 0 Å². The van der Waals surface area contributed by atoms with Crippen LogP contribution < -0.4 is 10.6 Å². The summed E-state index contributed by atoms with van der Waals surface area (Å²) in [6.45, 7) is 5.92. The van der Waals surface area contributed by atoms with E-state index in [2.05, 4.69) is 29.5 Å². The highest BCUT2D eigenvalue weighted by atomic mass is 16.1. The lowest BCUT2D eigenvalue weighted by atomic mass is 10.2. The lowest BCUT2D eigenvalue weighted by Gasteiger charge is -2.07. The smallest absolute Gasteiger partial charge is 0.239 e. The van der Waals surface area contributed by atoms with E-state index in [0.29, 0.717) is 12.5 Å². The Balaban J connectivity index is 2.37. The fraction of sp³-hybridized carbons (Fsp3) is 0.636. The van der Waals surface area contributed by atoms with Crippen molar-refractivity contribution in [3.8, 4) is 0 Å². The number of hydrogen-bond donors (Lipinski definition) is 2. The monoisotopic (exact) mass is 224 g/mol. The quantitative estimate of drug-likeness (QED) is 0.734. The molecule has 16 heavy (non-hydrogen) atoms. The van der Waals surface area contributed by atoms with Gasteiger partial charge in [-0.25, -0.2) is 4.98 Å². The zero-order valence-corrected chi connectivity index (χ0v) is 10.2. The Hall–Kier alpha value is -1.36. The second-order valence-corrected chi connectivity index (χ2v) is 4.27. The third-order valence-corrected chi connectivity index (χ3v) is 2.08. The van der Waals surface area contributed by atoms with Crippen molar-refractivity contribution >= 4 is 5.91 Å². The van der Waals surface area contributed by atoms with Gasteiger partial charge in [-0.2, -0.15) is 0 Å². The number of imidazole rings is 1. The summed E-state index contributed by atoms with van der Waals surface area (Å²) in [5, 5.41) is 5.88. The molecule has 0 aliphatic rings. The number of rotatable bonds is 6. The number of carbonyl (C=O) groups is 1. The van der Waals surface area contributed by atoms with Crippen molar-refractivity contribution in [2.24, 2.45) is 5.92 Å². The Morgan fingerprint density at radius 1 is 1.56 bits per heavy atom. The summed E-state index contributed by atoms with van der Waals surface area (Å²) in [4.78, 5) is 15.7. The molecule has 0 atom stereocenters. The Morgan fingerprint density at radius 3 is 2.94 bits per heavy atom. The second-order valence-electron chi connectivity index (χ2n) is 4.27. The van der Waals surface area contributed by atoms with Crippen LogP contribution in [0.15, 0.2) is 12.5 Å². The third-order valence-electron chi connectivity index (χ3n) is 2.08. The molecule has 0 bridgehead atoms. The van der Waals surface area contributed by atoms with Gasteiger partial charge >= 0.3 is 0 Å². The van der Waals surface area contributed by atoms with Gasteiger partial charge in [-0.05, 0) is 13.0 Å². The van der Waals surface area contributed by atoms with Gasteiger partial charge < -0.3 is 15.2 Å². The van der Waals surface area contributed by atoms with Crippen molar-refractivity contribution in [1.29, 1.82) is 0 Å². The molecular weight excluding hydrogens is 204 g/mol. The summed E-state index contributed by atoms with van der Waals surface area (Å²) in [7, 11) is 1.87. The van der Waals surface area contributed by atoms with Crippen LogP contribution in [0.3, 0.4) is 0 Å². The lowest BCUT2D eigenvalue weighted by Crippen LogP contribution is -2.30. The highest BCUT2D eigenvalue weighted by Gasteiger charge is 2.04. The highest BCUT2D eigenvalue weighted by molar-refractivity contribution is 5.75. The molecule has 0 aliphatic carbocycles. The van der Waals surface area contributed by atoms with E-state index in [1.807, 2.05) is 13.2 Å². The van der Waals surface area contributed by atoms with Crippen LogP contribution in [0.4, 0.5) is 0 Å². The Labute approximate surface area is 96.3 Å². The fourth-order valence-corrected chi connectivity index (χ4v) is 1.30. The molecule has 1 aromatic heterocycles. The third kappa shape index (κ3) is 4.44. The van der Waals surface area contributed by atoms with E-state index in [0.717, 1.165) is 18.8 Å². The molecule has 0 aromatic carbocycles. The van der Waals surface area contributed by atoms with Gasteiger partial charge in [0.15, 0.2) is 0 Å². The second kappa shape index (κ2) is 6.27. The summed E-state index contributed by atoms with van der Waals surface area (Å²) in [6, 6.07) is 0. The molecule has 0 spiro atoms. The molecule has 1 rings (SSSR count). The average molecular weight is 224 g/mol. The summed E-state index contributed by atoms with van der Waals surface area (Å²) in [5.41, 5.74) is 0.944. The molecule has 90 valence electrons. The van der Waals surface area contributed by atoms with Crippen LogP contribution in [-0.4, -0.2) is 29.1 Å². The maximum atomic E-state index is 11.5. The van der Waals surface area contributed by atoms with E-state index in [9.17, 15) is 4.79 Å². The molecule has 0 saturated heterocycles. The van der Waals surface area contributed by atoms with Crippen molar-refractivity contribution in [2.45, 2.75) is 26.9 Å². The molecule has 0 unspecified atom stereocenters. The Kier molecular flexibility index (Phi) is 4.98. The van der Waals surface area contributed by atoms with Crippen molar-refractivity contribution < 1.29 is 4.79 Å². The minimum atomic E-state index is 0.0297. The maximum Gasteiger partial charge on any atom is 0.239 e. The van der Waals surface area contributed by atoms with Gasteiger partial charge in [0.05, 0.1) is 12.0 Å². The number of carbonyl (C=O) groups excluding carboxylic acids is 1. The summed E-state index contributed by atoms with van der Waals surface area (Å²) in [5.74, 6) is 0.508. The first-order valence-electron chi connectivity index (χ1n) is 5.53. The average Bonchev–Trinajstić information content (AvgIpc) is 2.63. The van der Waals surface area contributed by atoms with Crippen LogP contribution in [0.1, 0.15) is 19.5 Å². The van der Waals surface area contributed by atoms with E-state index in [-0.39, 0.29) is 5.91 Å². The predicted octanol–water partition coefficient (Wildman–Crippen LogP) is 0.375. The first-order chi connectivity index (χ1) is 7.61. The lowest BCUT2D eigenvalue weighted by molar-refractivity contribution is -0.121. The maximum absolute atomic E-state index is 11.5. The molecule has 0 fully saturated rings. The molecule has 5 heteroatoms. The SMILES string of the molecule is CNCc1cn(CC(=O)NCC(C)C)cn1. The van der Waals surface area contributed by atoms with Crippen LogP contribution in [0.5, 0.6) is 0 Å². The fourth-order valence-electron chi connectivity index (χ4n) is 1.30. The molecule has 0 radical (unpaired) electrons. The highest BCUT2D eigenvalue weighted by Crippen LogP contribution is 1.95. The molecule has 0 aliphatic heterocycles. The van der Waals surface area contributed by atoms with Crippen LogP contribution in [0.2, 0.25) is 0 Å². The summed E-state index contributed by atoms with van der Waals surface area (Å²) >= 11 is 0. The minimum absolute atomic E-state index is 0.0297. The Bertz CT molecular complexity index is 332. The van der Waals surface area contributed by atoms with E-state index in [1.54, 1.807) is 10.9 Å². The van der Waals surface area contributed by atoms with Gasteiger partial charge in [-0.3, -0.25) is 4.79 Å². The van der Waals surface area contributed by atoms with Crippen LogP contribution in [0.25, 0.3) is 0 Å². The summed E-state index contributed by atoms with van der Waals surface area (Å²) in [6.07, 6.45) is 3.56. The molecule has 5 nitrogen and oxygen atoms in total. The molecule has 1 aromatic rings. The first kappa shape index (κ1) is 12.7. The largest absolute Gasteiger partial charge is 0.354 e. The van der Waals surface area contributed by atoms with Crippen molar-refractivity contribution in [3.63, 3.8) is 0 Å². The standard InChI is InChI=1S/C11H20N4O/c1-9(2)4-13-11(16)7-15-6-10(5-12-3)14-8-15/h6,8-9,12H,4-5,7H2,1-3H3,(H,13,16). The number of amides is 1. The van der Waals surface area contributed by atoms with Crippen LogP contribution in [-0.2, 0) is 17.9 Å². The number of nitrogens with zero attached hydrogens (tertiary/aromatic N) is 2. The van der Waals surface area contributed by atoms with E-state index >= 15 is 0 Å². The summed E-state index contributed by atoms with van der Waals surface area (Å²) < 4.78 is 1.79. The van der Waals surface area contributed by atoms with Crippen molar-refractivity contribution in [3.05, 3.63) is 18.2 Å². The zero-order valence-electron chi connectivity index (χ0n) is 10.2. The van der Waals surface area contributed by atoms with Crippen LogP contribution in [0, 0.1) is 5.92 Å². The molecular formula is C11H20N4O. The van der Waals surface area contributed by atoms with Gasteiger partial charge in [0.2, 0.25) is 5.91 Å². The zero-order chi connectivity index (χ0) is 12.0. The predicted molar refractivity (Wildman–Crippen MR) is 62.8 cm³/mol. The number of nitrogens with one attached hydrogen (secondary N) is 2. The molecule has 2 N–H and O–H groups in total. The van der Waals surface area contributed by atoms with Gasteiger partial charge in [-0.15, -0.1) is 0 Å². The van der Waals surface area contributed by atoms with Gasteiger partial charge in [0, 0.05) is 19.3 Å². The molecule has 1 heterocycles. The first-order valence-corrected chi connectivity index (χ1v) is 5.53. The van der Waals surface area contributed by atoms with Crippen molar-refractivity contribution in [2.75, 3.05) is 13.6 Å². The normalized spacial score (nSPS) is 10.8. The Morgan fingerprint density at radius 2 is 2.31 bits per heavy atom. The molecule has 0 saturated carbocycles. The van der Waals surface area contributed by atoms with Crippen molar-refractivity contribution in [1.82, 2.24) is 20.2 Å².